The minimum Gasteiger partial charge on any atom is -0.465 e. The number of carbonyl (C=O) groups excluding carboxylic acids is 1. The van der Waals surface area contributed by atoms with Crippen molar-refractivity contribution in [1.82, 2.24) is 0 Å². The molecule has 0 radical (unpaired) electrons. The molecule has 2 rings (SSSR count). The van der Waals surface area contributed by atoms with E-state index in [1.54, 1.807) is 6.92 Å². The summed E-state index contributed by atoms with van der Waals surface area (Å²) in [6.45, 7) is 1.58. The molecule has 0 saturated heterocycles. The summed E-state index contributed by atoms with van der Waals surface area (Å²) < 4.78 is 60.5. The summed E-state index contributed by atoms with van der Waals surface area (Å²) in [4.78, 5) is 11.3. The highest BCUT2D eigenvalue weighted by Gasteiger charge is 2.42. The van der Waals surface area contributed by atoms with E-state index in [1.165, 1.54) is 12.1 Å². The second-order valence-electron chi connectivity index (χ2n) is 4.08. The van der Waals surface area contributed by atoms with Gasteiger partial charge in [0, 0.05) is 5.56 Å². The predicted octanol–water partition coefficient (Wildman–Crippen LogP) is 4.23. The van der Waals surface area contributed by atoms with Gasteiger partial charge in [0.05, 0.1) is 6.61 Å². The fraction of sp³-hybridized carbons (Fsp3) is 0.214. The highest BCUT2D eigenvalue weighted by molar-refractivity contribution is 6.02. The van der Waals surface area contributed by atoms with Crippen molar-refractivity contribution in [3.05, 3.63) is 41.7 Å². The van der Waals surface area contributed by atoms with Crippen LogP contribution >= 0.6 is 0 Å². The molecule has 0 saturated carbocycles. The largest absolute Gasteiger partial charge is 0.465 e. The monoisotopic (exact) mass is 302 g/mol. The molecular formula is C14H10F4O3. The van der Waals surface area contributed by atoms with Crippen molar-refractivity contribution < 1.29 is 31.5 Å². The maximum atomic E-state index is 12.8. The molecule has 0 aliphatic carbocycles. The molecule has 1 aromatic carbocycles. The molecule has 0 fully saturated rings. The van der Waals surface area contributed by atoms with Crippen LogP contribution < -0.4 is 4.74 Å². The van der Waals surface area contributed by atoms with Gasteiger partial charge in [-0.25, -0.2) is 4.39 Å². The van der Waals surface area contributed by atoms with E-state index in [0.717, 1.165) is 18.2 Å². The third-order valence-corrected chi connectivity index (χ3v) is 2.60. The number of rotatable bonds is 4. The van der Waals surface area contributed by atoms with Crippen LogP contribution in [-0.4, -0.2) is 18.6 Å². The first-order chi connectivity index (χ1) is 9.82. The summed E-state index contributed by atoms with van der Waals surface area (Å²) in [5.74, 6) is -3.06. The molecule has 0 amide bonds. The second-order valence-corrected chi connectivity index (χ2v) is 4.08. The van der Waals surface area contributed by atoms with Crippen LogP contribution in [0.25, 0.3) is 11.3 Å². The standard InChI is InChI=1S/C14H10F4O3/c1-2-20-13-10(12(19)14(16,17)18)7-11(21-13)8-3-5-9(15)6-4-8/h3-7H,2H2,1H3. The van der Waals surface area contributed by atoms with Crippen LogP contribution in [0.1, 0.15) is 17.3 Å². The number of halogens is 4. The van der Waals surface area contributed by atoms with Crippen LogP contribution in [0.5, 0.6) is 5.95 Å². The van der Waals surface area contributed by atoms with Crippen molar-refractivity contribution in [2.75, 3.05) is 6.61 Å². The van der Waals surface area contributed by atoms with Crippen LogP contribution in [0.4, 0.5) is 17.6 Å². The molecule has 0 aliphatic heterocycles. The lowest BCUT2D eigenvalue weighted by Gasteiger charge is -2.04. The minimum atomic E-state index is -5.03. The van der Waals surface area contributed by atoms with Crippen molar-refractivity contribution in [3.8, 4) is 17.3 Å². The fourth-order valence-corrected chi connectivity index (χ4v) is 1.68. The smallest absolute Gasteiger partial charge is 0.455 e. The van der Waals surface area contributed by atoms with Crippen LogP contribution in [0.2, 0.25) is 0 Å². The summed E-state index contributed by atoms with van der Waals surface area (Å²) in [5.41, 5.74) is -0.373. The lowest BCUT2D eigenvalue weighted by Crippen LogP contribution is -2.22. The first-order valence-electron chi connectivity index (χ1n) is 5.97. The average molecular weight is 302 g/mol. The Balaban J connectivity index is 2.46. The lowest BCUT2D eigenvalue weighted by atomic mass is 10.1. The Labute approximate surface area is 117 Å². The van der Waals surface area contributed by atoms with Gasteiger partial charge in [0.1, 0.15) is 17.1 Å². The normalized spacial score (nSPS) is 11.5. The zero-order chi connectivity index (χ0) is 15.6. The molecule has 0 atom stereocenters. The quantitative estimate of drug-likeness (QED) is 0.627. The van der Waals surface area contributed by atoms with Crippen LogP contribution in [-0.2, 0) is 0 Å². The summed E-state index contributed by atoms with van der Waals surface area (Å²) in [6.07, 6.45) is -5.03. The van der Waals surface area contributed by atoms with Crippen LogP contribution in [0, 0.1) is 5.82 Å². The number of hydrogen-bond acceptors (Lipinski definition) is 3. The zero-order valence-electron chi connectivity index (χ0n) is 10.8. The van der Waals surface area contributed by atoms with Crippen LogP contribution in [0.3, 0.4) is 0 Å². The Morgan fingerprint density at radius 1 is 1.24 bits per heavy atom. The minimum absolute atomic E-state index is 0.00829. The van der Waals surface area contributed by atoms with E-state index in [0.29, 0.717) is 5.56 Å². The van der Waals surface area contributed by atoms with E-state index >= 15 is 0 Å². The molecule has 0 spiro atoms. The summed E-state index contributed by atoms with van der Waals surface area (Å²) in [5, 5.41) is 0. The first kappa shape index (κ1) is 15.1. The van der Waals surface area contributed by atoms with Gasteiger partial charge in [0.25, 0.3) is 11.7 Å². The molecular weight excluding hydrogens is 292 g/mol. The lowest BCUT2D eigenvalue weighted by molar-refractivity contribution is -0.0887. The molecule has 7 heteroatoms. The van der Waals surface area contributed by atoms with E-state index < -0.39 is 29.3 Å². The molecule has 0 unspecified atom stereocenters. The topological polar surface area (TPSA) is 39.4 Å². The van der Waals surface area contributed by atoms with E-state index in [2.05, 4.69) is 0 Å². The summed E-state index contributed by atoms with van der Waals surface area (Å²) in [7, 11) is 0. The van der Waals surface area contributed by atoms with E-state index in [4.69, 9.17) is 9.15 Å². The molecule has 2 aromatic rings. The molecule has 0 N–H and O–H groups in total. The molecule has 3 nitrogen and oxygen atoms in total. The van der Waals surface area contributed by atoms with Crippen molar-refractivity contribution >= 4 is 5.78 Å². The number of Topliss-reactive ketones (excluding diaryl/α,β-unsaturated/α-hetero) is 1. The Bertz CT molecular complexity index is 641. The van der Waals surface area contributed by atoms with Gasteiger partial charge in [-0.05, 0) is 37.3 Å². The molecule has 21 heavy (non-hydrogen) atoms. The van der Waals surface area contributed by atoms with Gasteiger partial charge in [0.15, 0.2) is 0 Å². The van der Waals surface area contributed by atoms with Crippen molar-refractivity contribution in [3.63, 3.8) is 0 Å². The molecule has 1 aromatic heterocycles. The Hall–Kier alpha value is -2.31. The van der Waals surface area contributed by atoms with Gasteiger partial charge in [-0.1, -0.05) is 0 Å². The molecule has 0 aliphatic rings. The van der Waals surface area contributed by atoms with Gasteiger partial charge >= 0.3 is 6.18 Å². The highest BCUT2D eigenvalue weighted by Crippen LogP contribution is 2.35. The number of ketones is 1. The Kier molecular flexibility index (Phi) is 4.02. The molecule has 112 valence electrons. The number of hydrogen-bond donors (Lipinski definition) is 0. The number of carbonyl (C=O) groups is 1. The van der Waals surface area contributed by atoms with Gasteiger partial charge in [-0.2, -0.15) is 13.2 Å². The number of benzene rings is 1. The van der Waals surface area contributed by atoms with Crippen molar-refractivity contribution in [2.45, 2.75) is 13.1 Å². The number of furan rings is 1. The third-order valence-electron chi connectivity index (χ3n) is 2.60. The van der Waals surface area contributed by atoms with Gasteiger partial charge in [0.2, 0.25) is 0 Å². The Morgan fingerprint density at radius 3 is 2.38 bits per heavy atom. The van der Waals surface area contributed by atoms with E-state index in [1.807, 2.05) is 0 Å². The third kappa shape index (κ3) is 3.24. The van der Waals surface area contributed by atoms with E-state index in [-0.39, 0.29) is 12.4 Å². The van der Waals surface area contributed by atoms with Gasteiger partial charge in [-0.3, -0.25) is 4.79 Å². The molecule has 1 heterocycles. The maximum Gasteiger partial charge on any atom is 0.455 e. The predicted molar refractivity (Wildman–Crippen MR) is 65.7 cm³/mol. The summed E-state index contributed by atoms with van der Waals surface area (Å²) >= 11 is 0. The zero-order valence-corrected chi connectivity index (χ0v) is 10.8. The van der Waals surface area contributed by atoms with Crippen molar-refractivity contribution in [2.24, 2.45) is 0 Å². The fourth-order valence-electron chi connectivity index (χ4n) is 1.68. The second kappa shape index (κ2) is 5.59. The van der Waals surface area contributed by atoms with Gasteiger partial charge < -0.3 is 9.15 Å². The Morgan fingerprint density at radius 2 is 1.86 bits per heavy atom. The maximum absolute atomic E-state index is 12.8. The number of alkyl halides is 3. The summed E-state index contributed by atoms with van der Waals surface area (Å²) in [6, 6.07) is 5.85. The molecule has 0 bridgehead atoms. The van der Waals surface area contributed by atoms with Crippen molar-refractivity contribution in [1.29, 1.82) is 0 Å². The highest BCUT2D eigenvalue weighted by atomic mass is 19.4. The number of ether oxygens (including phenoxy) is 1. The first-order valence-corrected chi connectivity index (χ1v) is 5.97. The SMILES string of the molecule is CCOc1oc(-c2ccc(F)cc2)cc1C(=O)C(F)(F)F. The van der Waals surface area contributed by atoms with Crippen LogP contribution in [0.15, 0.2) is 34.7 Å². The average Bonchev–Trinajstić information content (AvgIpc) is 2.82. The van der Waals surface area contributed by atoms with Gasteiger partial charge in [-0.15, -0.1) is 0 Å². The van der Waals surface area contributed by atoms with E-state index in [9.17, 15) is 22.4 Å².